The lowest BCUT2D eigenvalue weighted by molar-refractivity contribution is -0.384. The smallest absolute Gasteiger partial charge is 0.344 e. The highest BCUT2D eigenvalue weighted by Crippen LogP contribution is 2.45. The predicted molar refractivity (Wildman–Crippen MR) is 146 cm³/mol. The fourth-order valence-corrected chi connectivity index (χ4v) is 5.86. The average molecular weight is 516 g/mol. The van der Waals surface area contributed by atoms with Crippen molar-refractivity contribution in [2.75, 3.05) is 18.1 Å². The molecule has 2 heterocycles. The molecule has 0 bridgehead atoms. The minimum Gasteiger partial charge on any atom is -0.506 e. The quantitative estimate of drug-likeness (QED) is 0.277. The first-order chi connectivity index (χ1) is 17.9. The van der Waals surface area contributed by atoms with Gasteiger partial charge in [-0.05, 0) is 55.3 Å². The molecule has 1 N–H and O–H groups in total. The van der Waals surface area contributed by atoms with Crippen molar-refractivity contribution in [3.05, 3.63) is 104 Å². The molecule has 9 heteroatoms. The number of anilines is 1. The SMILES string of the molecule is CCOC(=O)C1=C(O)/C(=C\c2ccc3c(c2)C2C=CC=CC2N3CC)SC1=Nc1ccc([N+](=O)[O-])cc1. The van der Waals surface area contributed by atoms with Crippen LogP contribution in [0, 0.1) is 10.1 Å². The van der Waals surface area contributed by atoms with Crippen molar-refractivity contribution in [2.24, 2.45) is 4.99 Å². The average Bonchev–Trinajstić information content (AvgIpc) is 3.37. The Bertz CT molecular complexity index is 1420. The molecule has 0 fully saturated rings. The number of thioether (sulfide) groups is 1. The number of aliphatic imine (C=N–C) groups is 1. The summed E-state index contributed by atoms with van der Waals surface area (Å²) in [5.74, 6) is -0.614. The van der Waals surface area contributed by atoms with Gasteiger partial charge in [-0.2, -0.15) is 0 Å². The number of likely N-dealkylation sites (N-methyl/N-ethyl adjacent to an activating group) is 1. The molecule has 5 rings (SSSR count). The van der Waals surface area contributed by atoms with E-state index in [0.717, 1.165) is 23.9 Å². The van der Waals surface area contributed by atoms with Crippen molar-refractivity contribution in [1.29, 1.82) is 0 Å². The van der Waals surface area contributed by atoms with Crippen LogP contribution in [0.4, 0.5) is 17.1 Å². The number of hydrogen-bond donors (Lipinski definition) is 1. The number of non-ortho nitro benzene ring substituents is 1. The summed E-state index contributed by atoms with van der Waals surface area (Å²) < 4.78 is 5.17. The van der Waals surface area contributed by atoms with E-state index in [1.54, 1.807) is 6.92 Å². The van der Waals surface area contributed by atoms with Crippen molar-refractivity contribution in [3.63, 3.8) is 0 Å². The van der Waals surface area contributed by atoms with Crippen molar-refractivity contribution >= 4 is 45.9 Å². The van der Waals surface area contributed by atoms with Crippen molar-refractivity contribution in [3.8, 4) is 0 Å². The molecule has 2 atom stereocenters. The van der Waals surface area contributed by atoms with Gasteiger partial charge in [-0.15, -0.1) is 0 Å². The molecule has 3 aliphatic rings. The molecular weight excluding hydrogens is 490 g/mol. The van der Waals surface area contributed by atoms with E-state index in [-0.39, 0.29) is 40.6 Å². The molecule has 0 spiro atoms. The third-order valence-electron chi connectivity index (χ3n) is 6.49. The second kappa shape index (κ2) is 10.1. The van der Waals surface area contributed by atoms with Gasteiger partial charge in [0.1, 0.15) is 16.4 Å². The third kappa shape index (κ3) is 4.58. The Labute approximate surface area is 218 Å². The maximum Gasteiger partial charge on any atom is 0.344 e. The van der Waals surface area contributed by atoms with Crippen LogP contribution in [0.15, 0.2) is 88.0 Å². The first kappa shape index (κ1) is 24.6. The van der Waals surface area contributed by atoms with Gasteiger partial charge in [0.15, 0.2) is 0 Å². The van der Waals surface area contributed by atoms with Crippen LogP contribution in [-0.2, 0) is 9.53 Å². The summed E-state index contributed by atoms with van der Waals surface area (Å²) in [5.41, 5.74) is 3.66. The maximum absolute atomic E-state index is 12.7. The predicted octanol–water partition coefficient (Wildman–Crippen LogP) is 6.21. The van der Waals surface area contributed by atoms with Crippen LogP contribution in [0.2, 0.25) is 0 Å². The minimum absolute atomic E-state index is 0.0183. The highest BCUT2D eigenvalue weighted by Gasteiger charge is 2.36. The number of carbonyl (C=O) groups is 1. The van der Waals surface area contributed by atoms with Gasteiger partial charge in [-0.1, -0.05) is 42.1 Å². The highest BCUT2D eigenvalue weighted by atomic mass is 32.2. The van der Waals surface area contributed by atoms with Crippen LogP contribution in [0.25, 0.3) is 6.08 Å². The summed E-state index contributed by atoms with van der Waals surface area (Å²) >= 11 is 1.16. The van der Waals surface area contributed by atoms with Gasteiger partial charge >= 0.3 is 5.97 Å². The molecule has 1 aliphatic carbocycles. The van der Waals surface area contributed by atoms with Crippen molar-refractivity contribution in [1.82, 2.24) is 0 Å². The molecule has 2 aliphatic heterocycles. The molecule has 188 valence electrons. The van der Waals surface area contributed by atoms with E-state index < -0.39 is 10.9 Å². The lowest BCUT2D eigenvalue weighted by atomic mass is 9.90. The van der Waals surface area contributed by atoms with E-state index >= 15 is 0 Å². The zero-order chi connectivity index (χ0) is 26.1. The van der Waals surface area contributed by atoms with Gasteiger partial charge in [0.2, 0.25) is 0 Å². The number of benzene rings is 2. The Balaban J connectivity index is 1.51. The van der Waals surface area contributed by atoms with E-state index in [4.69, 9.17) is 4.74 Å². The van der Waals surface area contributed by atoms with Crippen LogP contribution in [0.5, 0.6) is 0 Å². The van der Waals surface area contributed by atoms with Crippen LogP contribution in [0.3, 0.4) is 0 Å². The molecular formula is C28H25N3O5S. The van der Waals surface area contributed by atoms with Crippen molar-refractivity contribution in [2.45, 2.75) is 25.8 Å². The second-order valence-corrected chi connectivity index (χ2v) is 9.67. The summed E-state index contributed by atoms with van der Waals surface area (Å²) in [7, 11) is 0. The van der Waals surface area contributed by atoms with Gasteiger partial charge in [-0.25, -0.2) is 9.79 Å². The molecule has 2 aromatic rings. The van der Waals surface area contributed by atoms with E-state index in [2.05, 4.69) is 53.3 Å². The standard InChI is InChI=1S/C28H25N3O5S/c1-3-30-22-8-6-5-7-20(22)21-15-17(9-14-23(21)30)16-24-26(32)25(28(33)36-4-2)27(37-24)29-18-10-12-19(13-11-18)31(34)35/h5-16,20,22,32H,3-4H2,1-2H3/b24-16+,29-27?. The molecule has 0 saturated heterocycles. The number of nitro groups is 1. The van der Waals surface area contributed by atoms with E-state index in [1.165, 1.54) is 35.5 Å². The first-order valence-electron chi connectivity index (χ1n) is 12.0. The van der Waals surface area contributed by atoms with Gasteiger partial charge in [-0.3, -0.25) is 10.1 Å². The summed E-state index contributed by atoms with van der Waals surface area (Å²) in [6, 6.07) is 12.2. The number of allylic oxidation sites excluding steroid dienone is 2. The Morgan fingerprint density at radius 1 is 1.19 bits per heavy atom. The number of aliphatic hydroxyl groups is 1. The molecule has 0 amide bonds. The van der Waals surface area contributed by atoms with Crippen LogP contribution in [0.1, 0.15) is 30.9 Å². The van der Waals surface area contributed by atoms with Crippen molar-refractivity contribution < 1.29 is 19.6 Å². The number of esters is 1. The number of rotatable bonds is 6. The number of ether oxygens (including phenoxy) is 1. The Hall–Kier alpha value is -4.11. The number of fused-ring (bicyclic) bond motifs is 3. The topological polar surface area (TPSA) is 105 Å². The normalized spacial score (nSPS) is 22.1. The molecule has 0 aromatic heterocycles. The van der Waals surface area contributed by atoms with Crippen LogP contribution >= 0.6 is 11.8 Å². The summed E-state index contributed by atoms with van der Waals surface area (Å²) in [6.07, 6.45) is 10.4. The molecule has 0 saturated carbocycles. The number of hydrogen-bond acceptors (Lipinski definition) is 8. The van der Waals surface area contributed by atoms with E-state index in [1.807, 2.05) is 12.1 Å². The summed E-state index contributed by atoms with van der Waals surface area (Å²) in [5, 5.41) is 22.3. The van der Waals surface area contributed by atoms with Gasteiger partial charge in [0.25, 0.3) is 5.69 Å². The fourth-order valence-electron chi connectivity index (χ4n) is 4.82. The van der Waals surface area contributed by atoms with Crippen LogP contribution in [-0.4, -0.2) is 40.2 Å². The van der Waals surface area contributed by atoms with Gasteiger partial charge in [0, 0.05) is 30.3 Å². The summed E-state index contributed by atoms with van der Waals surface area (Å²) in [6.45, 7) is 4.88. The number of carbonyl (C=O) groups excluding carboxylic acids is 1. The number of nitro benzene ring substituents is 1. The van der Waals surface area contributed by atoms with E-state index in [0.29, 0.717) is 10.6 Å². The third-order valence-corrected chi connectivity index (χ3v) is 7.51. The van der Waals surface area contributed by atoms with Gasteiger partial charge < -0.3 is 14.7 Å². The molecule has 2 aromatic carbocycles. The lowest BCUT2D eigenvalue weighted by Crippen LogP contribution is -2.32. The molecule has 37 heavy (non-hydrogen) atoms. The van der Waals surface area contributed by atoms with Gasteiger partial charge in [0.05, 0.1) is 28.2 Å². The zero-order valence-electron chi connectivity index (χ0n) is 20.3. The first-order valence-corrected chi connectivity index (χ1v) is 12.8. The molecule has 0 radical (unpaired) electrons. The molecule has 2 unspecified atom stereocenters. The lowest BCUT2D eigenvalue weighted by Gasteiger charge is -2.27. The minimum atomic E-state index is -0.675. The van der Waals surface area contributed by atoms with E-state index in [9.17, 15) is 20.0 Å². The highest BCUT2D eigenvalue weighted by molar-refractivity contribution is 8.18. The Morgan fingerprint density at radius 2 is 1.95 bits per heavy atom. The summed E-state index contributed by atoms with van der Waals surface area (Å²) in [4.78, 5) is 30.5. The largest absolute Gasteiger partial charge is 0.506 e. The fraction of sp³-hybridized carbons (Fsp3) is 0.214. The molecule has 8 nitrogen and oxygen atoms in total. The Morgan fingerprint density at radius 3 is 2.65 bits per heavy atom. The maximum atomic E-state index is 12.7. The number of aliphatic hydroxyl groups excluding tert-OH is 1. The number of nitrogens with zero attached hydrogens (tertiary/aromatic N) is 3. The Kier molecular flexibility index (Phi) is 6.71. The monoisotopic (exact) mass is 515 g/mol. The van der Waals surface area contributed by atoms with Crippen LogP contribution < -0.4 is 4.90 Å². The second-order valence-electron chi connectivity index (χ2n) is 8.64. The zero-order valence-corrected chi connectivity index (χ0v) is 21.1.